The summed E-state index contributed by atoms with van der Waals surface area (Å²) in [7, 11) is 0. The van der Waals surface area contributed by atoms with E-state index in [0.29, 0.717) is 31.2 Å². The molecule has 6 heteroatoms. The first-order chi connectivity index (χ1) is 15.0. The molecule has 0 aliphatic carbocycles. The maximum atomic E-state index is 13.3. The predicted octanol–water partition coefficient (Wildman–Crippen LogP) is 3.41. The van der Waals surface area contributed by atoms with Crippen LogP contribution in [0.25, 0.3) is 0 Å². The number of para-hydroxylation sites is 2. The van der Waals surface area contributed by atoms with Crippen molar-refractivity contribution >= 4 is 17.5 Å². The zero-order valence-corrected chi connectivity index (χ0v) is 19.1. The average Bonchev–Trinajstić information content (AvgIpc) is 3.17. The van der Waals surface area contributed by atoms with Crippen LogP contribution in [0.3, 0.4) is 0 Å². The molecule has 0 saturated carbocycles. The van der Waals surface area contributed by atoms with E-state index in [0.717, 1.165) is 37.7 Å². The van der Waals surface area contributed by atoms with Crippen LogP contribution in [0.2, 0.25) is 0 Å². The number of carbonyl (C=O) groups is 2. The molecule has 6 nitrogen and oxygen atoms in total. The zero-order chi connectivity index (χ0) is 21.8. The Bertz CT molecular complexity index is 775. The van der Waals surface area contributed by atoms with Gasteiger partial charge in [0.1, 0.15) is 5.75 Å². The van der Waals surface area contributed by atoms with Crippen LogP contribution in [0.1, 0.15) is 46.0 Å². The van der Waals surface area contributed by atoms with Crippen LogP contribution in [-0.2, 0) is 9.59 Å². The summed E-state index contributed by atoms with van der Waals surface area (Å²) in [5.41, 5.74) is 0.778. The minimum Gasteiger partial charge on any atom is -0.492 e. The predicted molar refractivity (Wildman–Crippen MR) is 122 cm³/mol. The molecule has 31 heavy (non-hydrogen) atoms. The fourth-order valence-electron chi connectivity index (χ4n) is 5.35. The number of likely N-dealkylation sites (tertiary alicyclic amines) is 2. The molecule has 2 atom stereocenters. The van der Waals surface area contributed by atoms with Gasteiger partial charge in [0, 0.05) is 32.6 Å². The van der Waals surface area contributed by atoms with Crippen LogP contribution in [-0.4, -0.2) is 67.5 Å². The highest BCUT2D eigenvalue weighted by atomic mass is 16.5. The summed E-state index contributed by atoms with van der Waals surface area (Å²) in [5.74, 6) is 2.02. The summed E-state index contributed by atoms with van der Waals surface area (Å²) < 4.78 is 5.71. The van der Waals surface area contributed by atoms with Crippen molar-refractivity contribution in [3.63, 3.8) is 0 Å². The molecule has 3 fully saturated rings. The highest BCUT2D eigenvalue weighted by Crippen LogP contribution is 2.34. The van der Waals surface area contributed by atoms with Gasteiger partial charge in [-0.1, -0.05) is 19.1 Å². The summed E-state index contributed by atoms with van der Waals surface area (Å²) >= 11 is 0. The van der Waals surface area contributed by atoms with Crippen LogP contribution in [0, 0.1) is 17.8 Å². The molecule has 1 aromatic carbocycles. The third-order valence-electron chi connectivity index (χ3n) is 7.15. The van der Waals surface area contributed by atoms with Gasteiger partial charge < -0.3 is 19.4 Å². The lowest BCUT2D eigenvalue weighted by Gasteiger charge is -2.38. The molecule has 0 radical (unpaired) electrons. The second-order valence-electron chi connectivity index (χ2n) is 9.58. The highest BCUT2D eigenvalue weighted by Gasteiger charge is 2.39. The first-order valence-corrected chi connectivity index (χ1v) is 12.1. The van der Waals surface area contributed by atoms with Gasteiger partial charge in [-0.2, -0.15) is 0 Å². The summed E-state index contributed by atoms with van der Waals surface area (Å²) in [4.78, 5) is 32.5. The molecule has 2 unspecified atom stereocenters. The Hall–Kier alpha value is -2.08. The monoisotopic (exact) mass is 427 g/mol. The van der Waals surface area contributed by atoms with Crippen molar-refractivity contribution in [2.75, 3.05) is 50.8 Å². The molecule has 0 spiro atoms. The molecule has 3 saturated heterocycles. The van der Waals surface area contributed by atoms with Gasteiger partial charge in [0.25, 0.3) is 0 Å². The maximum absolute atomic E-state index is 13.3. The van der Waals surface area contributed by atoms with Gasteiger partial charge in [-0.25, -0.2) is 0 Å². The smallest absolute Gasteiger partial charge is 0.228 e. The molecule has 170 valence electrons. The molecule has 1 aromatic rings. The van der Waals surface area contributed by atoms with E-state index in [4.69, 9.17) is 4.74 Å². The Morgan fingerprint density at radius 1 is 1.10 bits per heavy atom. The van der Waals surface area contributed by atoms with Crippen molar-refractivity contribution in [1.29, 1.82) is 0 Å². The van der Waals surface area contributed by atoms with Crippen molar-refractivity contribution in [1.82, 2.24) is 9.80 Å². The summed E-state index contributed by atoms with van der Waals surface area (Å²) in [5, 5.41) is 0. The van der Waals surface area contributed by atoms with Gasteiger partial charge in [0.15, 0.2) is 0 Å². The lowest BCUT2D eigenvalue weighted by molar-refractivity contribution is -0.137. The molecule has 3 aliphatic heterocycles. The van der Waals surface area contributed by atoms with Gasteiger partial charge in [0.2, 0.25) is 11.8 Å². The van der Waals surface area contributed by atoms with Crippen molar-refractivity contribution < 1.29 is 14.3 Å². The van der Waals surface area contributed by atoms with E-state index in [-0.39, 0.29) is 17.7 Å². The van der Waals surface area contributed by atoms with E-state index in [1.807, 2.05) is 36.1 Å². The van der Waals surface area contributed by atoms with Crippen LogP contribution >= 0.6 is 0 Å². The number of hydrogen-bond donors (Lipinski definition) is 0. The standard InChI is InChI=1S/C25H37N3O3/c1-3-31-23-9-5-4-8-22(23)28-18-21(15-24(28)29)25(30)27-12-6-7-20(17-27)16-26-13-10-19(2)11-14-26/h4-5,8-9,19-21H,3,6-7,10-18H2,1-2H3. The fourth-order valence-corrected chi connectivity index (χ4v) is 5.35. The van der Waals surface area contributed by atoms with Crippen LogP contribution < -0.4 is 9.64 Å². The second-order valence-corrected chi connectivity index (χ2v) is 9.58. The largest absolute Gasteiger partial charge is 0.492 e. The van der Waals surface area contributed by atoms with Gasteiger partial charge in [-0.3, -0.25) is 9.59 Å². The number of benzene rings is 1. The van der Waals surface area contributed by atoms with E-state index in [1.165, 1.54) is 32.4 Å². The molecule has 3 heterocycles. The van der Waals surface area contributed by atoms with Gasteiger partial charge >= 0.3 is 0 Å². The quantitative estimate of drug-likeness (QED) is 0.698. The molecule has 4 rings (SSSR count). The Labute approximate surface area is 186 Å². The number of ether oxygens (including phenoxy) is 1. The van der Waals surface area contributed by atoms with E-state index in [2.05, 4.69) is 11.8 Å². The lowest BCUT2D eigenvalue weighted by atomic mass is 9.93. The Morgan fingerprint density at radius 2 is 1.87 bits per heavy atom. The van der Waals surface area contributed by atoms with Crippen molar-refractivity contribution in [2.45, 2.75) is 46.0 Å². The third-order valence-corrected chi connectivity index (χ3v) is 7.15. The van der Waals surface area contributed by atoms with E-state index >= 15 is 0 Å². The van der Waals surface area contributed by atoms with E-state index in [9.17, 15) is 9.59 Å². The minimum atomic E-state index is -0.253. The highest BCUT2D eigenvalue weighted by molar-refractivity contribution is 6.01. The van der Waals surface area contributed by atoms with E-state index < -0.39 is 0 Å². The maximum Gasteiger partial charge on any atom is 0.228 e. The van der Waals surface area contributed by atoms with Crippen LogP contribution in [0.4, 0.5) is 5.69 Å². The molecule has 3 aliphatic rings. The molecule has 0 bridgehead atoms. The molecule has 0 aromatic heterocycles. The van der Waals surface area contributed by atoms with Gasteiger partial charge in [0.05, 0.1) is 18.2 Å². The fraction of sp³-hybridized carbons (Fsp3) is 0.680. The number of carbonyl (C=O) groups excluding carboxylic acids is 2. The second kappa shape index (κ2) is 10.0. The Kier molecular flexibility index (Phi) is 7.16. The van der Waals surface area contributed by atoms with Crippen molar-refractivity contribution in [2.24, 2.45) is 17.8 Å². The minimum absolute atomic E-state index is 0.0153. The number of nitrogens with zero attached hydrogens (tertiary/aromatic N) is 3. The number of amides is 2. The van der Waals surface area contributed by atoms with Gasteiger partial charge in [-0.05, 0) is 69.7 Å². The lowest BCUT2D eigenvalue weighted by Crippen LogP contribution is -2.47. The number of rotatable bonds is 6. The summed E-state index contributed by atoms with van der Waals surface area (Å²) in [6.45, 7) is 10.4. The summed E-state index contributed by atoms with van der Waals surface area (Å²) in [6.07, 6.45) is 5.15. The first kappa shape index (κ1) is 22.1. The SMILES string of the molecule is CCOc1ccccc1N1CC(C(=O)N2CCCC(CN3CCC(C)CC3)C2)CC1=O. The van der Waals surface area contributed by atoms with Crippen LogP contribution in [0.5, 0.6) is 5.75 Å². The molecular weight excluding hydrogens is 390 g/mol. The number of hydrogen-bond acceptors (Lipinski definition) is 4. The molecule has 2 amide bonds. The molecule has 0 N–H and O–H groups in total. The normalized spacial score (nSPS) is 25.8. The van der Waals surface area contributed by atoms with Crippen molar-refractivity contribution in [3.8, 4) is 5.75 Å². The Balaban J connectivity index is 1.35. The molecular formula is C25H37N3O3. The van der Waals surface area contributed by atoms with Crippen molar-refractivity contribution in [3.05, 3.63) is 24.3 Å². The Morgan fingerprint density at radius 3 is 2.65 bits per heavy atom. The van der Waals surface area contributed by atoms with Crippen LogP contribution in [0.15, 0.2) is 24.3 Å². The third kappa shape index (κ3) is 5.22. The van der Waals surface area contributed by atoms with E-state index in [1.54, 1.807) is 4.90 Å². The van der Waals surface area contributed by atoms with Gasteiger partial charge in [-0.15, -0.1) is 0 Å². The average molecular weight is 428 g/mol. The summed E-state index contributed by atoms with van der Waals surface area (Å²) in [6, 6.07) is 7.62. The zero-order valence-electron chi connectivity index (χ0n) is 19.1. The first-order valence-electron chi connectivity index (χ1n) is 12.1. The number of anilines is 1. The topological polar surface area (TPSA) is 53.1 Å². The number of piperidine rings is 2.